The average Bonchev–Trinajstić information content (AvgIpc) is 3.33. The second-order valence-electron chi connectivity index (χ2n) is 9.64. The standard InChI is InChI=1S/C22H28O3/c1-12(11-23)15-6-7-16-14-5-4-13-10-18(24)19-20(25-19)22(13,3)17(14)8-9-21(15,16)2/h4-5,10-12,14-17,19-20H,6-9H2,1-3H3/t12?,14-,15+,16-,17-,19?,20?,21+,22-/m0/s1. The average molecular weight is 340 g/mol. The molecule has 0 radical (unpaired) electrons. The Morgan fingerprint density at radius 2 is 2.04 bits per heavy atom. The molecule has 3 heteroatoms. The number of rotatable bonds is 2. The van der Waals surface area contributed by atoms with Gasteiger partial charge in [-0.1, -0.05) is 32.9 Å². The van der Waals surface area contributed by atoms with E-state index in [1.165, 1.54) is 37.5 Å². The van der Waals surface area contributed by atoms with Crippen LogP contribution in [-0.4, -0.2) is 24.3 Å². The molecule has 0 N–H and O–H groups in total. The van der Waals surface area contributed by atoms with Crippen molar-refractivity contribution in [1.82, 2.24) is 0 Å². The molecule has 0 aromatic rings. The Morgan fingerprint density at radius 3 is 2.80 bits per heavy atom. The van der Waals surface area contributed by atoms with E-state index >= 15 is 0 Å². The Hall–Kier alpha value is -1.22. The molecule has 9 atom stereocenters. The molecule has 5 rings (SSSR count). The predicted molar refractivity (Wildman–Crippen MR) is 94.8 cm³/mol. The summed E-state index contributed by atoms with van der Waals surface area (Å²) >= 11 is 0. The normalized spacial score (nSPS) is 53.9. The third-order valence-corrected chi connectivity index (χ3v) is 8.81. The number of ether oxygens (including phenoxy) is 1. The van der Waals surface area contributed by atoms with E-state index < -0.39 is 0 Å². The summed E-state index contributed by atoms with van der Waals surface area (Å²) in [7, 11) is 0. The fraction of sp³-hybridized carbons (Fsp3) is 0.727. The number of fused-ring (bicyclic) bond motifs is 7. The molecule has 3 unspecified atom stereocenters. The SMILES string of the molecule is CC(C=O)[C@H]1CC[C@H]2[C@@H]3C=CC4=CC(=O)C5OC5[C@]4(C)[C@H]3CC[C@]12C. The lowest BCUT2D eigenvalue weighted by Gasteiger charge is -2.55. The van der Waals surface area contributed by atoms with Crippen molar-refractivity contribution < 1.29 is 14.3 Å². The Kier molecular flexibility index (Phi) is 3.16. The topological polar surface area (TPSA) is 46.7 Å². The van der Waals surface area contributed by atoms with Gasteiger partial charge < -0.3 is 9.53 Å². The van der Waals surface area contributed by atoms with Gasteiger partial charge in [-0.2, -0.15) is 0 Å². The number of carbonyl (C=O) groups excluding carboxylic acids is 2. The van der Waals surface area contributed by atoms with E-state index in [4.69, 9.17) is 4.74 Å². The molecule has 4 aliphatic carbocycles. The molecule has 0 aromatic heterocycles. The highest BCUT2D eigenvalue weighted by Crippen LogP contribution is 2.67. The summed E-state index contributed by atoms with van der Waals surface area (Å²) in [5.41, 5.74) is 1.46. The highest BCUT2D eigenvalue weighted by Gasteiger charge is 2.66. The van der Waals surface area contributed by atoms with Crippen molar-refractivity contribution in [1.29, 1.82) is 0 Å². The van der Waals surface area contributed by atoms with Gasteiger partial charge in [-0.3, -0.25) is 4.79 Å². The first-order valence-corrected chi connectivity index (χ1v) is 9.96. The van der Waals surface area contributed by atoms with Crippen molar-refractivity contribution in [2.45, 2.75) is 58.7 Å². The van der Waals surface area contributed by atoms with Crippen molar-refractivity contribution in [2.24, 2.45) is 40.4 Å². The molecular weight excluding hydrogens is 312 g/mol. The number of aldehydes is 1. The number of hydrogen-bond acceptors (Lipinski definition) is 3. The number of carbonyl (C=O) groups is 2. The maximum Gasteiger partial charge on any atom is 0.187 e. The lowest BCUT2D eigenvalue weighted by Crippen LogP contribution is -2.51. The van der Waals surface area contributed by atoms with Crippen LogP contribution in [-0.2, 0) is 14.3 Å². The highest BCUT2D eigenvalue weighted by molar-refractivity contribution is 5.98. The first kappa shape index (κ1) is 16.0. The van der Waals surface area contributed by atoms with Gasteiger partial charge in [-0.05, 0) is 66.4 Å². The molecule has 25 heavy (non-hydrogen) atoms. The molecule has 1 heterocycles. The van der Waals surface area contributed by atoms with Crippen molar-refractivity contribution in [3.8, 4) is 0 Å². The van der Waals surface area contributed by atoms with Crippen LogP contribution in [0.25, 0.3) is 0 Å². The molecule has 134 valence electrons. The number of ketones is 1. The summed E-state index contributed by atoms with van der Waals surface area (Å²) in [4.78, 5) is 23.5. The minimum absolute atomic E-state index is 0.00626. The molecule has 2 saturated carbocycles. The van der Waals surface area contributed by atoms with Crippen LogP contribution in [0.4, 0.5) is 0 Å². The Morgan fingerprint density at radius 1 is 1.24 bits per heavy atom. The number of hydrogen-bond donors (Lipinski definition) is 0. The van der Waals surface area contributed by atoms with Crippen LogP contribution in [0.1, 0.15) is 46.5 Å². The van der Waals surface area contributed by atoms with Gasteiger partial charge in [-0.15, -0.1) is 0 Å². The van der Waals surface area contributed by atoms with E-state index in [0.717, 1.165) is 0 Å². The highest BCUT2D eigenvalue weighted by atomic mass is 16.6. The third-order valence-electron chi connectivity index (χ3n) is 8.81. The van der Waals surface area contributed by atoms with E-state index in [-0.39, 0.29) is 34.7 Å². The molecule has 3 nitrogen and oxygen atoms in total. The maximum absolute atomic E-state index is 12.1. The lowest BCUT2D eigenvalue weighted by atomic mass is 9.48. The summed E-state index contributed by atoms with van der Waals surface area (Å²) in [6.45, 7) is 6.87. The summed E-state index contributed by atoms with van der Waals surface area (Å²) in [6, 6.07) is 0. The van der Waals surface area contributed by atoms with Crippen LogP contribution in [0.5, 0.6) is 0 Å². The molecule has 3 fully saturated rings. The third kappa shape index (κ3) is 1.86. The van der Waals surface area contributed by atoms with Crippen molar-refractivity contribution in [3.05, 3.63) is 23.8 Å². The summed E-state index contributed by atoms with van der Waals surface area (Å²) in [5.74, 6) is 2.61. The second-order valence-corrected chi connectivity index (χ2v) is 9.64. The van der Waals surface area contributed by atoms with E-state index in [0.29, 0.717) is 23.7 Å². The van der Waals surface area contributed by atoms with E-state index in [1.54, 1.807) is 0 Å². The smallest absolute Gasteiger partial charge is 0.187 e. The van der Waals surface area contributed by atoms with Crippen molar-refractivity contribution in [2.75, 3.05) is 0 Å². The fourth-order valence-electron chi connectivity index (χ4n) is 7.37. The molecule has 0 spiro atoms. The van der Waals surface area contributed by atoms with Gasteiger partial charge in [0, 0.05) is 11.3 Å². The van der Waals surface area contributed by atoms with Gasteiger partial charge >= 0.3 is 0 Å². The molecule has 0 aromatic carbocycles. The van der Waals surface area contributed by atoms with Gasteiger partial charge in [0.1, 0.15) is 18.5 Å². The van der Waals surface area contributed by atoms with E-state index in [2.05, 4.69) is 32.9 Å². The maximum atomic E-state index is 12.1. The molecule has 1 aliphatic heterocycles. The number of epoxide rings is 1. The fourth-order valence-corrected chi connectivity index (χ4v) is 7.37. The first-order chi connectivity index (χ1) is 11.9. The van der Waals surface area contributed by atoms with Crippen LogP contribution in [0.15, 0.2) is 23.8 Å². The van der Waals surface area contributed by atoms with Gasteiger partial charge in [-0.25, -0.2) is 0 Å². The van der Waals surface area contributed by atoms with Gasteiger partial charge in [0.15, 0.2) is 5.78 Å². The summed E-state index contributed by atoms with van der Waals surface area (Å²) < 4.78 is 5.84. The van der Waals surface area contributed by atoms with Gasteiger partial charge in [0.2, 0.25) is 0 Å². The Bertz CT molecular complexity index is 706. The van der Waals surface area contributed by atoms with Crippen LogP contribution in [0.2, 0.25) is 0 Å². The van der Waals surface area contributed by atoms with Crippen molar-refractivity contribution in [3.63, 3.8) is 0 Å². The van der Waals surface area contributed by atoms with E-state index in [9.17, 15) is 9.59 Å². The predicted octanol–water partition coefficient (Wildman–Crippen LogP) is 3.73. The number of allylic oxidation sites excluding steroid dienone is 2. The van der Waals surface area contributed by atoms with Crippen molar-refractivity contribution >= 4 is 12.1 Å². The van der Waals surface area contributed by atoms with Crippen LogP contribution < -0.4 is 0 Å². The largest absolute Gasteiger partial charge is 0.360 e. The Labute approximate surface area is 149 Å². The second kappa shape index (κ2) is 4.94. The zero-order valence-corrected chi connectivity index (χ0v) is 15.4. The minimum atomic E-state index is -0.180. The van der Waals surface area contributed by atoms with Crippen LogP contribution in [0.3, 0.4) is 0 Å². The molecule has 0 bridgehead atoms. The Balaban J connectivity index is 1.53. The molecule has 1 saturated heterocycles. The first-order valence-electron chi connectivity index (χ1n) is 9.96. The minimum Gasteiger partial charge on any atom is -0.360 e. The summed E-state index contributed by atoms with van der Waals surface area (Å²) in [5, 5.41) is 0. The van der Waals surface area contributed by atoms with E-state index in [1.807, 2.05) is 6.08 Å². The monoisotopic (exact) mass is 340 g/mol. The summed E-state index contributed by atoms with van der Waals surface area (Å²) in [6.07, 6.45) is 12.3. The zero-order chi connectivity index (χ0) is 17.6. The van der Waals surface area contributed by atoms with Gasteiger partial charge in [0.05, 0.1) is 0 Å². The van der Waals surface area contributed by atoms with Crippen LogP contribution in [0, 0.1) is 40.4 Å². The van der Waals surface area contributed by atoms with Crippen LogP contribution >= 0.6 is 0 Å². The molecule has 5 aliphatic rings. The molecular formula is C22H28O3. The quantitative estimate of drug-likeness (QED) is 0.568. The van der Waals surface area contributed by atoms with Gasteiger partial charge in [0.25, 0.3) is 0 Å². The lowest BCUT2D eigenvalue weighted by molar-refractivity contribution is -0.116. The zero-order valence-electron chi connectivity index (χ0n) is 15.4. The molecule has 0 amide bonds.